The fraction of sp³-hybridized carbons (Fsp3) is 0.118. The molecule has 25 heavy (non-hydrogen) atoms. The quantitative estimate of drug-likeness (QED) is 0.548. The highest BCUT2D eigenvalue weighted by Gasteiger charge is 2.17. The molecule has 126 valence electrons. The average molecular weight is 341 g/mol. The Morgan fingerprint density at radius 3 is 2.68 bits per heavy atom. The number of hydrogen-bond acceptors (Lipinski definition) is 4. The molecule has 3 N–H and O–H groups in total. The summed E-state index contributed by atoms with van der Waals surface area (Å²) in [6, 6.07) is 5.63. The summed E-state index contributed by atoms with van der Waals surface area (Å²) in [6.07, 6.45) is 1.48. The topological polar surface area (TPSA) is 89.6 Å². The Morgan fingerprint density at radius 1 is 1.24 bits per heavy atom. The first-order chi connectivity index (χ1) is 11.9. The van der Waals surface area contributed by atoms with Crippen molar-refractivity contribution < 1.29 is 8.78 Å². The molecule has 8 heteroatoms. The number of hydrogen-bond donors (Lipinski definition) is 2. The van der Waals surface area contributed by atoms with Gasteiger partial charge >= 0.3 is 5.69 Å². The van der Waals surface area contributed by atoms with Crippen LogP contribution in [-0.2, 0) is 6.54 Å². The van der Waals surface area contributed by atoms with Crippen molar-refractivity contribution in [1.29, 1.82) is 0 Å². The van der Waals surface area contributed by atoms with Crippen LogP contribution in [0.15, 0.2) is 35.3 Å². The number of H-pyrrole nitrogens is 1. The summed E-state index contributed by atoms with van der Waals surface area (Å²) in [4.78, 5) is 23.5. The molecule has 0 saturated heterocycles. The molecule has 0 aliphatic carbocycles. The second-order valence-corrected chi connectivity index (χ2v) is 5.82. The number of nitrogen functional groups attached to an aromatic ring is 1. The van der Waals surface area contributed by atoms with Gasteiger partial charge in [-0.2, -0.15) is 0 Å². The van der Waals surface area contributed by atoms with Crippen molar-refractivity contribution in [1.82, 2.24) is 19.5 Å². The van der Waals surface area contributed by atoms with Crippen molar-refractivity contribution in [3.05, 3.63) is 63.8 Å². The molecule has 4 rings (SSSR count). The maximum absolute atomic E-state index is 14.1. The fourth-order valence-electron chi connectivity index (χ4n) is 2.91. The summed E-state index contributed by atoms with van der Waals surface area (Å²) < 4.78 is 29.5. The average Bonchev–Trinajstić information content (AvgIpc) is 2.86. The lowest BCUT2D eigenvalue weighted by molar-refractivity contribution is 0.545. The Labute approximate surface area is 139 Å². The van der Waals surface area contributed by atoms with E-state index in [0.29, 0.717) is 22.1 Å². The maximum Gasteiger partial charge on any atom is 0.326 e. The third kappa shape index (κ3) is 2.42. The maximum atomic E-state index is 14.1. The molecular formula is C17H13F2N5O. The monoisotopic (exact) mass is 341 g/mol. The SMILES string of the molecule is Cc1ccc2c(ncc3[nH]c(=O)n(Cc4c(F)cc(N)cc4F)c32)n1. The number of halogens is 2. The number of anilines is 1. The van der Waals surface area contributed by atoms with E-state index in [9.17, 15) is 13.6 Å². The molecule has 0 spiro atoms. The highest BCUT2D eigenvalue weighted by Crippen LogP contribution is 2.23. The molecule has 1 aromatic carbocycles. The number of benzene rings is 1. The van der Waals surface area contributed by atoms with E-state index >= 15 is 0 Å². The normalized spacial score (nSPS) is 11.5. The lowest BCUT2D eigenvalue weighted by Crippen LogP contribution is -2.19. The Morgan fingerprint density at radius 2 is 1.96 bits per heavy atom. The van der Waals surface area contributed by atoms with Gasteiger partial charge in [-0.05, 0) is 31.2 Å². The largest absolute Gasteiger partial charge is 0.399 e. The number of aromatic nitrogens is 4. The number of pyridine rings is 2. The minimum absolute atomic E-state index is 0.0145. The summed E-state index contributed by atoms with van der Waals surface area (Å²) in [5.41, 5.74) is 6.91. The van der Waals surface area contributed by atoms with Gasteiger partial charge in [-0.25, -0.2) is 23.5 Å². The van der Waals surface area contributed by atoms with Gasteiger partial charge in [0.15, 0.2) is 5.65 Å². The van der Waals surface area contributed by atoms with Gasteiger partial charge < -0.3 is 10.7 Å². The second kappa shape index (κ2) is 5.37. The summed E-state index contributed by atoms with van der Waals surface area (Å²) in [7, 11) is 0. The molecule has 0 unspecified atom stereocenters. The first-order valence-corrected chi connectivity index (χ1v) is 7.52. The Bertz CT molecular complexity index is 1170. The molecule has 3 heterocycles. The van der Waals surface area contributed by atoms with Crippen LogP contribution in [0.5, 0.6) is 0 Å². The molecule has 0 amide bonds. The van der Waals surface area contributed by atoms with Crippen LogP contribution < -0.4 is 11.4 Å². The smallest absolute Gasteiger partial charge is 0.326 e. The molecule has 0 radical (unpaired) electrons. The predicted octanol–water partition coefficient (Wildman–Crippen LogP) is 2.49. The number of rotatable bonds is 2. The van der Waals surface area contributed by atoms with Crippen LogP contribution >= 0.6 is 0 Å². The van der Waals surface area contributed by atoms with Gasteiger partial charge in [0.2, 0.25) is 0 Å². The molecule has 0 atom stereocenters. The third-order valence-corrected chi connectivity index (χ3v) is 4.08. The first kappa shape index (κ1) is 15.3. The second-order valence-electron chi connectivity index (χ2n) is 5.82. The number of nitrogens with two attached hydrogens (primary N) is 1. The van der Waals surface area contributed by atoms with Crippen molar-refractivity contribution in [2.45, 2.75) is 13.5 Å². The van der Waals surface area contributed by atoms with Gasteiger partial charge in [-0.15, -0.1) is 0 Å². The number of aryl methyl sites for hydroxylation is 1. The summed E-state index contributed by atoms with van der Waals surface area (Å²) >= 11 is 0. The van der Waals surface area contributed by atoms with Crippen LogP contribution in [0.25, 0.3) is 22.1 Å². The molecule has 6 nitrogen and oxygen atoms in total. The molecule has 0 aliphatic heterocycles. The number of imidazole rings is 1. The van der Waals surface area contributed by atoms with E-state index in [1.807, 2.05) is 6.92 Å². The third-order valence-electron chi connectivity index (χ3n) is 4.08. The zero-order valence-electron chi connectivity index (χ0n) is 13.2. The van der Waals surface area contributed by atoms with E-state index in [4.69, 9.17) is 5.73 Å². The van der Waals surface area contributed by atoms with E-state index in [2.05, 4.69) is 15.0 Å². The van der Waals surface area contributed by atoms with Gasteiger partial charge in [0.05, 0.1) is 23.8 Å². The highest BCUT2D eigenvalue weighted by molar-refractivity contribution is 6.00. The fourth-order valence-corrected chi connectivity index (χ4v) is 2.91. The van der Waals surface area contributed by atoms with Gasteiger partial charge in [0.25, 0.3) is 0 Å². The summed E-state index contributed by atoms with van der Waals surface area (Å²) in [6.45, 7) is 1.55. The van der Waals surface area contributed by atoms with Crippen LogP contribution in [0.3, 0.4) is 0 Å². The van der Waals surface area contributed by atoms with Gasteiger partial charge in [0.1, 0.15) is 11.6 Å². The van der Waals surface area contributed by atoms with Gasteiger partial charge in [-0.1, -0.05) is 0 Å². The van der Waals surface area contributed by atoms with Gasteiger partial charge in [0, 0.05) is 22.3 Å². The van der Waals surface area contributed by atoms with Crippen LogP contribution in [0.2, 0.25) is 0 Å². The lowest BCUT2D eigenvalue weighted by atomic mass is 10.1. The van der Waals surface area contributed by atoms with Crippen molar-refractivity contribution in [3.63, 3.8) is 0 Å². The van der Waals surface area contributed by atoms with Crippen molar-refractivity contribution in [3.8, 4) is 0 Å². The Balaban J connectivity index is 1.99. The van der Waals surface area contributed by atoms with Crippen molar-refractivity contribution >= 4 is 27.8 Å². The van der Waals surface area contributed by atoms with Crippen LogP contribution in [-0.4, -0.2) is 19.5 Å². The van der Waals surface area contributed by atoms with Gasteiger partial charge in [-0.3, -0.25) is 4.57 Å². The Kier molecular flexibility index (Phi) is 3.28. The van der Waals surface area contributed by atoms with E-state index < -0.39 is 17.3 Å². The van der Waals surface area contributed by atoms with Crippen molar-refractivity contribution in [2.24, 2.45) is 0 Å². The molecule has 0 aliphatic rings. The van der Waals surface area contributed by atoms with E-state index in [0.717, 1.165) is 17.8 Å². The standard InChI is InChI=1S/C17H13F2N5O/c1-8-2-3-10-15-14(6-21-16(10)22-8)23-17(25)24(15)7-11-12(18)4-9(20)5-13(11)19/h2-6H,7,20H2,1H3,(H,23,25). The molecule has 0 saturated carbocycles. The number of aromatic amines is 1. The van der Waals surface area contributed by atoms with Crippen molar-refractivity contribution in [2.75, 3.05) is 5.73 Å². The lowest BCUT2D eigenvalue weighted by Gasteiger charge is -2.09. The number of nitrogens with one attached hydrogen (secondary N) is 1. The summed E-state index contributed by atoms with van der Waals surface area (Å²) in [5, 5.41) is 0.623. The molecule has 3 aromatic heterocycles. The molecule has 4 aromatic rings. The molecular weight excluding hydrogens is 328 g/mol. The number of nitrogens with zero attached hydrogens (tertiary/aromatic N) is 3. The van der Waals surface area contributed by atoms with Crippen LogP contribution in [0.1, 0.15) is 11.3 Å². The van der Waals surface area contributed by atoms with Crippen LogP contribution in [0.4, 0.5) is 14.5 Å². The van der Waals surface area contributed by atoms with E-state index in [1.165, 1.54) is 10.8 Å². The first-order valence-electron chi connectivity index (χ1n) is 7.52. The minimum atomic E-state index is -0.800. The number of fused-ring (bicyclic) bond motifs is 3. The zero-order valence-corrected chi connectivity index (χ0v) is 13.2. The zero-order chi connectivity index (χ0) is 17.7. The van der Waals surface area contributed by atoms with E-state index in [-0.39, 0.29) is 17.8 Å². The highest BCUT2D eigenvalue weighted by atomic mass is 19.1. The summed E-state index contributed by atoms with van der Waals surface area (Å²) in [5.74, 6) is -1.60. The van der Waals surface area contributed by atoms with E-state index in [1.54, 1.807) is 12.1 Å². The molecule has 0 fully saturated rings. The predicted molar refractivity (Wildman–Crippen MR) is 90.3 cm³/mol. The molecule has 0 bridgehead atoms. The van der Waals surface area contributed by atoms with Crippen LogP contribution in [0, 0.1) is 18.6 Å². The Hall–Kier alpha value is -3.29. The minimum Gasteiger partial charge on any atom is -0.399 e.